The van der Waals surface area contributed by atoms with Crippen LogP contribution in [-0.2, 0) is 9.53 Å². The molecule has 0 aliphatic carbocycles. The van der Waals surface area contributed by atoms with Crippen LogP contribution in [0.3, 0.4) is 0 Å². The van der Waals surface area contributed by atoms with E-state index in [0.29, 0.717) is 11.3 Å². The molecule has 44 heavy (non-hydrogen) atoms. The van der Waals surface area contributed by atoms with E-state index in [4.69, 9.17) is 9.26 Å². The van der Waals surface area contributed by atoms with E-state index in [2.05, 4.69) is 25.2 Å². The van der Waals surface area contributed by atoms with Crippen molar-refractivity contribution < 1.29 is 41.1 Å². The number of benzene rings is 3. The molecular formula is C29H23F4N5O5S. The highest BCUT2D eigenvalue weighted by atomic mass is 32.2. The second-order valence-electron chi connectivity index (χ2n) is 9.47. The van der Waals surface area contributed by atoms with Crippen LogP contribution in [0.2, 0.25) is 0 Å². The molecule has 10 nitrogen and oxygen atoms in total. The first-order valence-electron chi connectivity index (χ1n) is 12.9. The van der Waals surface area contributed by atoms with Crippen molar-refractivity contribution in [3.63, 3.8) is 0 Å². The van der Waals surface area contributed by atoms with Crippen molar-refractivity contribution in [2.24, 2.45) is 4.99 Å². The average Bonchev–Trinajstić information content (AvgIpc) is 3.60. The SMILES string of the molecule is COC(C)c1ccc(C)cc1N1C(=O)CS/C1=N\C(=O)Nc1ccc(-c2noc(-c3ccc(OC(F)(F)F)cc3)n2)cc1F. The van der Waals surface area contributed by atoms with Crippen molar-refractivity contribution in [2.45, 2.75) is 26.3 Å². The van der Waals surface area contributed by atoms with Gasteiger partial charge in [-0.1, -0.05) is 29.1 Å². The average molecular weight is 630 g/mol. The number of alkyl halides is 3. The topological polar surface area (TPSA) is 119 Å². The lowest BCUT2D eigenvalue weighted by Crippen LogP contribution is -2.31. The van der Waals surface area contributed by atoms with Crippen molar-refractivity contribution in [3.05, 3.63) is 77.6 Å². The van der Waals surface area contributed by atoms with Gasteiger partial charge in [-0.3, -0.25) is 9.69 Å². The largest absolute Gasteiger partial charge is 0.573 e. The molecule has 1 atom stereocenters. The van der Waals surface area contributed by atoms with Crippen molar-refractivity contribution in [1.82, 2.24) is 10.1 Å². The predicted molar refractivity (Wildman–Crippen MR) is 155 cm³/mol. The fraction of sp³-hybridized carbons (Fsp3) is 0.207. The lowest BCUT2D eigenvalue weighted by molar-refractivity contribution is -0.274. The lowest BCUT2D eigenvalue weighted by Gasteiger charge is -2.23. The van der Waals surface area contributed by atoms with Gasteiger partial charge < -0.3 is 19.3 Å². The number of nitrogens with zero attached hydrogens (tertiary/aromatic N) is 4. The Morgan fingerprint density at radius 1 is 1.11 bits per heavy atom. The Balaban J connectivity index is 1.31. The second kappa shape index (κ2) is 12.5. The maximum atomic E-state index is 15.0. The van der Waals surface area contributed by atoms with Crippen LogP contribution >= 0.6 is 11.8 Å². The Kier molecular flexibility index (Phi) is 8.69. The van der Waals surface area contributed by atoms with Crippen LogP contribution in [0.4, 0.5) is 33.7 Å². The number of amidine groups is 1. The highest BCUT2D eigenvalue weighted by Crippen LogP contribution is 2.35. The normalized spacial score (nSPS) is 15.1. The standard InChI is InChI=1S/C29H23F4N5O5S/c1-15-4-10-20(16(2)41-3)23(12-15)38-24(39)14-44-28(38)36-27(40)34-22-11-7-18(13-21(22)30)25-35-26(43-37-25)17-5-8-19(9-6-17)42-29(31,32)33/h4-13,16H,14H2,1-3H3,(H,34,40)/b36-28-. The van der Waals surface area contributed by atoms with Gasteiger partial charge in [-0.15, -0.1) is 13.2 Å². The Morgan fingerprint density at radius 2 is 1.84 bits per heavy atom. The molecule has 1 fully saturated rings. The van der Waals surface area contributed by atoms with Crippen LogP contribution < -0.4 is 15.0 Å². The number of urea groups is 1. The van der Waals surface area contributed by atoms with Gasteiger partial charge in [0.15, 0.2) is 5.17 Å². The molecule has 228 valence electrons. The van der Waals surface area contributed by atoms with Crippen LogP contribution in [0, 0.1) is 12.7 Å². The van der Waals surface area contributed by atoms with E-state index in [1.807, 2.05) is 26.0 Å². The zero-order valence-electron chi connectivity index (χ0n) is 23.3. The molecule has 3 aromatic carbocycles. The maximum absolute atomic E-state index is 15.0. The number of methoxy groups -OCH3 is 1. The number of hydrogen-bond acceptors (Lipinski definition) is 8. The van der Waals surface area contributed by atoms with E-state index in [1.165, 1.54) is 29.2 Å². The van der Waals surface area contributed by atoms with Gasteiger partial charge >= 0.3 is 12.4 Å². The van der Waals surface area contributed by atoms with Crippen molar-refractivity contribution in [3.8, 4) is 28.6 Å². The number of amides is 3. The third-order valence-corrected chi connectivity index (χ3v) is 7.33. The molecule has 1 saturated heterocycles. The Morgan fingerprint density at radius 3 is 2.52 bits per heavy atom. The number of carbonyl (C=O) groups is 2. The van der Waals surface area contributed by atoms with E-state index in [1.54, 1.807) is 13.2 Å². The predicted octanol–water partition coefficient (Wildman–Crippen LogP) is 7.13. The molecule has 15 heteroatoms. The van der Waals surface area contributed by atoms with E-state index in [-0.39, 0.29) is 45.9 Å². The van der Waals surface area contributed by atoms with Gasteiger partial charge in [-0.25, -0.2) is 9.18 Å². The quantitative estimate of drug-likeness (QED) is 0.215. The van der Waals surface area contributed by atoms with Crippen LogP contribution in [0.15, 0.2) is 70.2 Å². The molecule has 1 aliphatic heterocycles. The van der Waals surface area contributed by atoms with Crippen LogP contribution in [0.1, 0.15) is 24.2 Å². The van der Waals surface area contributed by atoms with Gasteiger partial charge in [0.1, 0.15) is 11.6 Å². The fourth-order valence-corrected chi connectivity index (χ4v) is 5.10. The summed E-state index contributed by atoms with van der Waals surface area (Å²) in [5.41, 5.74) is 2.51. The number of rotatable bonds is 7. The Hall–Kier alpha value is -4.76. The first-order valence-corrected chi connectivity index (χ1v) is 13.9. The summed E-state index contributed by atoms with van der Waals surface area (Å²) >= 11 is 1.08. The zero-order valence-corrected chi connectivity index (χ0v) is 24.1. The van der Waals surface area contributed by atoms with Crippen LogP contribution in [0.5, 0.6) is 5.75 Å². The third kappa shape index (κ3) is 6.89. The first-order chi connectivity index (χ1) is 20.9. The molecule has 0 saturated carbocycles. The number of ether oxygens (including phenoxy) is 2. The molecular weight excluding hydrogens is 606 g/mol. The number of aryl methyl sites for hydroxylation is 1. The Labute approximate surface area is 252 Å². The number of hydrogen-bond donors (Lipinski definition) is 1. The number of carbonyl (C=O) groups excluding carboxylic acids is 2. The van der Waals surface area contributed by atoms with Crippen molar-refractivity contribution in [1.29, 1.82) is 0 Å². The van der Waals surface area contributed by atoms with E-state index in [0.717, 1.165) is 41.1 Å². The fourth-order valence-electron chi connectivity index (χ4n) is 4.24. The lowest BCUT2D eigenvalue weighted by atomic mass is 10.0. The Bertz CT molecular complexity index is 1740. The molecule has 0 bridgehead atoms. The molecule has 1 aromatic heterocycles. The summed E-state index contributed by atoms with van der Waals surface area (Å²) in [6.07, 6.45) is -5.16. The first kappa shape index (κ1) is 30.7. The summed E-state index contributed by atoms with van der Waals surface area (Å²) in [6.45, 7) is 3.71. The molecule has 0 radical (unpaired) electrons. The molecule has 3 amide bonds. The third-order valence-electron chi connectivity index (χ3n) is 6.41. The molecule has 0 spiro atoms. The van der Waals surface area contributed by atoms with Gasteiger partial charge in [0.2, 0.25) is 11.7 Å². The molecule has 4 aromatic rings. The smallest absolute Gasteiger partial charge is 0.406 e. The van der Waals surface area contributed by atoms with Gasteiger partial charge in [0.25, 0.3) is 5.89 Å². The molecule has 5 rings (SSSR count). The van der Waals surface area contributed by atoms with Crippen LogP contribution in [0.25, 0.3) is 22.8 Å². The summed E-state index contributed by atoms with van der Waals surface area (Å²) in [6, 6.07) is 13.2. The number of halogens is 4. The number of thioether (sulfide) groups is 1. The van der Waals surface area contributed by atoms with Gasteiger partial charge in [-0.2, -0.15) is 9.98 Å². The van der Waals surface area contributed by atoms with E-state index in [9.17, 15) is 22.8 Å². The minimum absolute atomic E-state index is 0.00314. The number of aromatic nitrogens is 2. The summed E-state index contributed by atoms with van der Waals surface area (Å²) in [4.78, 5) is 35.2. The van der Waals surface area contributed by atoms with Gasteiger partial charge in [-0.05, 0) is 67.9 Å². The minimum atomic E-state index is -4.83. The molecule has 1 aliphatic rings. The highest BCUT2D eigenvalue weighted by Gasteiger charge is 2.33. The number of aliphatic imine (C=N–C) groups is 1. The summed E-state index contributed by atoms with van der Waals surface area (Å²) in [5, 5.41) is 6.32. The second-order valence-corrected chi connectivity index (χ2v) is 10.4. The van der Waals surface area contributed by atoms with Crippen molar-refractivity contribution >= 4 is 40.2 Å². The van der Waals surface area contributed by atoms with Gasteiger partial charge in [0.05, 0.1) is 23.2 Å². The summed E-state index contributed by atoms with van der Waals surface area (Å²) in [7, 11) is 1.55. The summed E-state index contributed by atoms with van der Waals surface area (Å²) < 4.78 is 66.6. The minimum Gasteiger partial charge on any atom is -0.406 e. The van der Waals surface area contributed by atoms with Gasteiger partial charge in [0, 0.05) is 23.8 Å². The molecule has 1 N–H and O–H groups in total. The van der Waals surface area contributed by atoms with Crippen LogP contribution in [-0.4, -0.2) is 46.5 Å². The monoisotopic (exact) mass is 629 g/mol. The number of anilines is 2. The van der Waals surface area contributed by atoms with Crippen molar-refractivity contribution in [2.75, 3.05) is 23.1 Å². The zero-order chi connectivity index (χ0) is 31.6. The highest BCUT2D eigenvalue weighted by molar-refractivity contribution is 8.15. The molecule has 2 heterocycles. The summed E-state index contributed by atoms with van der Waals surface area (Å²) in [5.74, 6) is -1.45. The maximum Gasteiger partial charge on any atom is 0.573 e. The van der Waals surface area contributed by atoms with E-state index >= 15 is 4.39 Å². The molecule has 1 unspecified atom stereocenters. The van der Waals surface area contributed by atoms with E-state index < -0.39 is 24.0 Å². The number of nitrogens with one attached hydrogen (secondary N) is 1.